The smallest absolute Gasteiger partial charge is 0.253 e. The van der Waals surface area contributed by atoms with Crippen LogP contribution < -0.4 is 0 Å². The van der Waals surface area contributed by atoms with Crippen molar-refractivity contribution in [2.75, 3.05) is 34.0 Å². The van der Waals surface area contributed by atoms with Crippen molar-refractivity contribution in [2.24, 2.45) is 5.41 Å². The Bertz CT molecular complexity index is 300. The molecule has 0 bridgehead atoms. The van der Waals surface area contributed by atoms with E-state index < -0.39 is 0 Å². The zero-order valence-electron chi connectivity index (χ0n) is 12.6. The molecule has 0 radical (unpaired) electrons. The Morgan fingerprint density at radius 1 is 1.05 bits per heavy atom. The van der Waals surface area contributed by atoms with Gasteiger partial charge in [0, 0.05) is 33.0 Å². The predicted molar refractivity (Wildman–Crippen MR) is 73.7 cm³/mol. The van der Waals surface area contributed by atoms with E-state index in [9.17, 15) is 9.59 Å². The molecule has 1 aliphatic rings. The van der Waals surface area contributed by atoms with Crippen molar-refractivity contribution in [3.05, 3.63) is 12.2 Å². The van der Waals surface area contributed by atoms with Gasteiger partial charge in [0.05, 0.1) is 13.2 Å². The highest BCUT2D eigenvalue weighted by molar-refractivity contribution is 6.12. The van der Waals surface area contributed by atoms with E-state index in [-0.39, 0.29) is 17.2 Å². The van der Waals surface area contributed by atoms with E-state index in [2.05, 4.69) is 25.5 Å². The molecule has 5 nitrogen and oxygen atoms in total. The van der Waals surface area contributed by atoms with Crippen molar-refractivity contribution in [3.8, 4) is 0 Å². The Morgan fingerprint density at radius 3 is 1.95 bits per heavy atom. The van der Waals surface area contributed by atoms with E-state index in [4.69, 9.17) is 4.74 Å². The molecule has 0 aromatic carbocycles. The quantitative estimate of drug-likeness (QED) is 0.563. The fourth-order valence-corrected chi connectivity index (χ4v) is 1.29. The number of amides is 2. The minimum Gasteiger partial charge on any atom is -0.388 e. The van der Waals surface area contributed by atoms with Gasteiger partial charge >= 0.3 is 0 Å². The molecule has 2 amide bonds. The van der Waals surface area contributed by atoms with Crippen molar-refractivity contribution >= 4 is 11.8 Å². The molecule has 5 heteroatoms. The molecule has 0 saturated carbocycles. The fraction of sp³-hybridized carbons (Fsp3) is 0.714. The van der Waals surface area contributed by atoms with Gasteiger partial charge in [-0.15, -0.1) is 0 Å². The maximum absolute atomic E-state index is 11.2. The number of ether oxygens (including phenoxy) is 2. The van der Waals surface area contributed by atoms with Gasteiger partial charge in [0.1, 0.15) is 0 Å². The Hall–Kier alpha value is -1.20. The minimum absolute atomic E-state index is 0.246. The molecule has 0 atom stereocenters. The van der Waals surface area contributed by atoms with Gasteiger partial charge in [-0.25, -0.2) is 0 Å². The maximum Gasteiger partial charge on any atom is 0.253 e. The maximum atomic E-state index is 11.2. The summed E-state index contributed by atoms with van der Waals surface area (Å²) in [7, 11) is 3.25. The van der Waals surface area contributed by atoms with Crippen molar-refractivity contribution < 1.29 is 19.1 Å². The second-order valence-corrected chi connectivity index (χ2v) is 5.49. The Kier molecular flexibility index (Phi) is 8.27. The topological polar surface area (TPSA) is 55.8 Å². The lowest BCUT2D eigenvalue weighted by molar-refractivity contribution is -0.137. The Balaban J connectivity index is 0.000000982. The fourth-order valence-electron chi connectivity index (χ4n) is 1.29. The molecule has 0 aromatic heterocycles. The van der Waals surface area contributed by atoms with E-state index in [1.165, 1.54) is 17.1 Å². The highest BCUT2D eigenvalue weighted by Crippen LogP contribution is 2.17. The summed E-state index contributed by atoms with van der Waals surface area (Å²) in [5.41, 5.74) is 0.251. The number of nitrogens with zero attached hydrogens (tertiary/aromatic N) is 1. The summed E-state index contributed by atoms with van der Waals surface area (Å²) in [5.74, 6) is -0.492. The van der Waals surface area contributed by atoms with Gasteiger partial charge in [0.2, 0.25) is 0 Å². The molecule has 0 N–H and O–H groups in total. The second-order valence-electron chi connectivity index (χ2n) is 5.49. The minimum atomic E-state index is -0.246. The average molecular weight is 271 g/mol. The van der Waals surface area contributed by atoms with Gasteiger partial charge in [-0.05, 0) is 11.8 Å². The normalized spacial score (nSPS) is 14.7. The summed E-state index contributed by atoms with van der Waals surface area (Å²) in [6.07, 6.45) is 3.54. The van der Waals surface area contributed by atoms with Crippen LogP contribution in [0.15, 0.2) is 12.2 Å². The molecule has 1 aliphatic heterocycles. The van der Waals surface area contributed by atoms with Crippen LogP contribution in [0, 0.1) is 5.41 Å². The molecule has 0 unspecified atom stereocenters. The molecule has 19 heavy (non-hydrogen) atoms. The summed E-state index contributed by atoms with van der Waals surface area (Å²) in [6, 6.07) is 0. The van der Waals surface area contributed by atoms with Gasteiger partial charge in [0.25, 0.3) is 11.8 Å². The van der Waals surface area contributed by atoms with Gasteiger partial charge < -0.3 is 9.47 Å². The summed E-state index contributed by atoms with van der Waals surface area (Å²) in [4.78, 5) is 23.5. The lowest BCUT2D eigenvalue weighted by Gasteiger charge is -2.18. The Morgan fingerprint density at radius 2 is 1.53 bits per heavy atom. The van der Waals surface area contributed by atoms with Crippen molar-refractivity contribution in [1.29, 1.82) is 0 Å². The third kappa shape index (κ3) is 8.51. The monoisotopic (exact) mass is 271 g/mol. The molecule has 1 rings (SSSR count). The first-order chi connectivity index (χ1) is 8.81. The van der Waals surface area contributed by atoms with Crippen molar-refractivity contribution in [2.45, 2.75) is 27.2 Å². The molecule has 1 heterocycles. The first-order valence-corrected chi connectivity index (χ1v) is 6.33. The number of methoxy groups -OCH3 is 1. The third-order valence-electron chi connectivity index (χ3n) is 2.36. The van der Waals surface area contributed by atoms with Crippen LogP contribution in [0.3, 0.4) is 0 Å². The standard InChI is InChI=1S/C12H19NO3.C2H6O/c1-12(2,3)6-8-16-9-7-13-10(14)4-5-11(13)15;1-3-2/h4-5H,6-9H2,1-3H3;1-2H3. The summed E-state index contributed by atoms with van der Waals surface area (Å²) >= 11 is 0. The molecule has 0 spiro atoms. The molecular formula is C14H25NO4. The third-order valence-corrected chi connectivity index (χ3v) is 2.36. The molecule has 0 aromatic rings. The van der Waals surface area contributed by atoms with E-state index in [1.807, 2.05) is 0 Å². The average Bonchev–Trinajstić information content (AvgIpc) is 2.59. The Labute approximate surface area is 115 Å². The van der Waals surface area contributed by atoms with Gasteiger partial charge in [-0.1, -0.05) is 20.8 Å². The van der Waals surface area contributed by atoms with Crippen LogP contribution in [0.25, 0.3) is 0 Å². The van der Waals surface area contributed by atoms with Crippen LogP contribution in [-0.2, 0) is 19.1 Å². The lowest BCUT2D eigenvalue weighted by Crippen LogP contribution is -2.33. The number of carbonyl (C=O) groups excluding carboxylic acids is 2. The van der Waals surface area contributed by atoms with E-state index in [1.54, 1.807) is 14.2 Å². The molecule has 0 saturated heterocycles. The van der Waals surface area contributed by atoms with E-state index in [0.29, 0.717) is 19.8 Å². The number of carbonyl (C=O) groups is 2. The van der Waals surface area contributed by atoms with E-state index >= 15 is 0 Å². The first kappa shape index (κ1) is 17.8. The van der Waals surface area contributed by atoms with Crippen LogP contribution >= 0.6 is 0 Å². The molecule has 0 aliphatic carbocycles. The second kappa shape index (κ2) is 8.82. The summed E-state index contributed by atoms with van der Waals surface area (Å²) in [6.45, 7) is 7.85. The first-order valence-electron chi connectivity index (χ1n) is 6.33. The molecule has 110 valence electrons. The molecular weight excluding hydrogens is 246 g/mol. The lowest BCUT2D eigenvalue weighted by atomic mass is 9.93. The van der Waals surface area contributed by atoms with Gasteiger partial charge in [-0.3, -0.25) is 14.5 Å². The van der Waals surface area contributed by atoms with E-state index in [0.717, 1.165) is 6.42 Å². The summed E-state index contributed by atoms with van der Waals surface area (Å²) < 4.78 is 9.64. The van der Waals surface area contributed by atoms with Crippen LogP contribution in [0.1, 0.15) is 27.2 Å². The number of imide groups is 1. The predicted octanol–water partition coefficient (Wildman–Crippen LogP) is 1.63. The number of hydrogen-bond acceptors (Lipinski definition) is 4. The summed E-state index contributed by atoms with van der Waals surface area (Å²) in [5, 5.41) is 0. The zero-order valence-corrected chi connectivity index (χ0v) is 12.6. The molecule has 0 fully saturated rings. The van der Waals surface area contributed by atoms with Crippen LogP contribution in [0.4, 0.5) is 0 Å². The number of rotatable bonds is 5. The number of hydrogen-bond donors (Lipinski definition) is 0. The highest BCUT2D eigenvalue weighted by atomic mass is 16.5. The van der Waals surface area contributed by atoms with Crippen LogP contribution in [0.2, 0.25) is 0 Å². The van der Waals surface area contributed by atoms with Crippen molar-refractivity contribution in [3.63, 3.8) is 0 Å². The SMILES string of the molecule is CC(C)(C)CCOCCN1C(=O)C=CC1=O.COC. The van der Waals surface area contributed by atoms with Gasteiger partial charge in [-0.2, -0.15) is 0 Å². The van der Waals surface area contributed by atoms with Crippen LogP contribution in [-0.4, -0.2) is 50.7 Å². The largest absolute Gasteiger partial charge is 0.388 e. The van der Waals surface area contributed by atoms with Gasteiger partial charge in [0.15, 0.2) is 0 Å². The van der Waals surface area contributed by atoms with Crippen LogP contribution in [0.5, 0.6) is 0 Å². The zero-order chi connectivity index (χ0) is 14.9. The van der Waals surface area contributed by atoms with Crippen molar-refractivity contribution in [1.82, 2.24) is 4.90 Å². The highest BCUT2D eigenvalue weighted by Gasteiger charge is 2.22.